The molecule has 3 N–H and O–H groups in total. The van der Waals surface area contributed by atoms with Crippen LogP contribution in [0.1, 0.15) is 17.6 Å². The molecule has 0 aliphatic heterocycles. The van der Waals surface area contributed by atoms with Gasteiger partial charge in [-0.25, -0.2) is 13.2 Å². The highest BCUT2D eigenvalue weighted by Gasteiger charge is 2.20. The van der Waals surface area contributed by atoms with Crippen LogP contribution in [-0.4, -0.2) is 24.2 Å². The maximum atomic E-state index is 13.5. The molecule has 0 aromatic heterocycles. The number of carboxylic acid groups (broad SMARTS) is 1. The molecule has 100 valence electrons. The fraction of sp³-hybridized carbons (Fsp3) is 0.364. The summed E-state index contributed by atoms with van der Waals surface area (Å²) in [6.07, 6.45) is -3.15. The fourth-order valence-electron chi connectivity index (χ4n) is 1.50. The minimum absolute atomic E-state index is 0.00250. The number of ether oxygens (including phenoxy) is 1. The Morgan fingerprint density at radius 1 is 1.50 bits per heavy atom. The number of nitrogens with two attached hydrogens (primary N) is 1. The van der Waals surface area contributed by atoms with Crippen molar-refractivity contribution in [2.45, 2.75) is 18.9 Å². The normalized spacial score (nSPS) is 12.6. The molecule has 0 heterocycles. The van der Waals surface area contributed by atoms with E-state index in [4.69, 9.17) is 15.6 Å². The first-order chi connectivity index (χ1) is 8.36. The van der Waals surface area contributed by atoms with Crippen molar-refractivity contribution in [2.75, 3.05) is 7.11 Å². The molecule has 4 nitrogen and oxygen atoms in total. The van der Waals surface area contributed by atoms with Gasteiger partial charge in [0.25, 0.3) is 6.43 Å². The maximum absolute atomic E-state index is 13.5. The molecule has 0 fully saturated rings. The third-order valence-corrected chi connectivity index (χ3v) is 2.36. The second kappa shape index (κ2) is 5.72. The standard InChI is InChI=1S/C11H12F3NO3/c1-18-9-5(4-8(15)11(16)17)2-6(10(13)14)3-7(9)12/h2-3,8,10H,4,15H2,1H3,(H,16,17). The smallest absolute Gasteiger partial charge is 0.320 e. The molecule has 0 amide bonds. The van der Waals surface area contributed by atoms with Crippen molar-refractivity contribution in [2.24, 2.45) is 5.73 Å². The van der Waals surface area contributed by atoms with Gasteiger partial charge < -0.3 is 15.6 Å². The number of hydrogen-bond donors (Lipinski definition) is 2. The minimum atomic E-state index is -2.86. The van der Waals surface area contributed by atoms with E-state index in [2.05, 4.69) is 0 Å². The molecule has 7 heteroatoms. The Balaban J connectivity index is 3.17. The van der Waals surface area contributed by atoms with E-state index in [1.165, 1.54) is 0 Å². The van der Waals surface area contributed by atoms with Crippen molar-refractivity contribution in [3.63, 3.8) is 0 Å². The van der Waals surface area contributed by atoms with E-state index in [-0.39, 0.29) is 17.7 Å². The van der Waals surface area contributed by atoms with Crippen molar-refractivity contribution in [3.05, 3.63) is 29.1 Å². The Morgan fingerprint density at radius 3 is 2.56 bits per heavy atom. The Hall–Kier alpha value is -1.76. The van der Waals surface area contributed by atoms with E-state index in [1.807, 2.05) is 0 Å². The highest BCUT2D eigenvalue weighted by atomic mass is 19.3. The number of carbonyl (C=O) groups is 1. The largest absolute Gasteiger partial charge is 0.493 e. The summed E-state index contributed by atoms with van der Waals surface area (Å²) in [7, 11) is 1.16. The first kappa shape index (κ1) is 14.3. The molecule has 1 aromatic rings. The van der Waals surface area contributed by atoms with Gasteiger partial charge in [-0.05, 0) is 17.7 Å². The molecule has 0 saturated heterocycles. The second-order valence-corrected chi connectivity index (χ2v) is 3.64. The first-order valence-electron chi connectivity index (χ1n) is 4.99. The van der Waals surface area contributed by atoms with Gasteiger partial charge in [-0.15, -0.1) is 0 Å². The van der Waals surface area contributed by atoms with Gasteiger partial charge in [-0.1, -0.05) is 0 Å². The van der Waals surface area contributed by atoms with Crippen molar-refractivity contribution in [3.8, 4) is 5.75 Å². The number of carboxylic acids is 1. The number of aliphatic carboxylic acids is 1. The molecule has 0 aliphatic carbocycles. The third kappa shape index (κ3) is 3.13. The van der Waals surface area contributed by atoms with Crippen LogP contribution >= 0.6 is 0 Å². The average molecular weight is 263 g/mol. The Kier molecular flexibility index (Phi) is 4.55. The second-order valence-electron chi connectivity index (χ2n) is 3.64. The number of halogens is 3. The summed E-state index contributed by atoms with van der Waals surface area (Å²) in [5, 5.41) is 8.65. The van der Waals surface area contributed by atoms with E-state index in [0.717, 1.165) is 13.2 Å². The number of alkyl halides is 2. The maximum Gasteiger partial charge on any atom is 0.320 e. The SMILES string of the molecule is COc1c(F)cc(C(F)F)cc1CC(N)C(=O)O. The molecule has 18 heavy (non-hydrogen) atoms. The monoisotopic (exact) mass is 263 g/mol. The highest BCUT2D eigenvalue weighted by molar-refractivity contribution is 5.73. The fourth-order valence-corrected chi connectivity index (χ4v) is 1.50. The first-order valence-corrected chi connectivity index (χ1v) is 4.99. The average Bonchev–Trinajstić information content (AvgIpc) is 2.28. The molecule has 0 saturated carbocycles. The van der Waals surface area contributed by atoms with Crippen LogP contribution in [0.25, 0.3) is 0 Å². The number of hydrogen-bond acceptors (Lipinski definition) is 3. The number of methoxy groups -OCH3 is 1. The van der Waals surface area contributed by atoms with Crippen LogP contribution in [0.15, 0.2) is 12.1 Å². The zero-order chi connectivity index (χ0) is 13.9. The molecule has 0 bridgehead atoms. The highest BCUT2D eigenvalue weighted by Crippen LogP contribution is 2.29. The zero-order valence-electron chi connectivity index (χ0n) is 9.49. The minimum Gasteiger partial charge on any atom is -0.493 e. The van der Waals surface area contributed by atoms with Gasteiger partial charge in [0.05, 0.1) is 7.11 Å². The van der Waals surface area contributed by atoms with Crippen molar-refractivity contribution in [1.29, 1.82) is 0 Å². The van der Waals surface area contributed by atoms with Crippen molar-refractivity contribution < 1.29 is 27.8 Å². The molecule has 1 rings (SSSR count). The summed E-state index contributed by atoms with van der Waals surface area (Å²) in [5.74, 6) is -2.54. The van der Waals surface area contributed by atoms with Crippen LogP contribution in [-0.2, 0) is 11.2 Å². The summed E-state index contributed by atoms with van der Waals surface area (Å²) in [6, 6.07) is 0.334. The summed E-state index contributed by atoms with van der Waals surface area (Å²) in [4.78, 5) is 10.6. The van der Waals surface area contributed by atoms with Gasteiger partial charge in [0.15, 0.2) is 11.6 Å². The molecule has 0 aliphatic rings. The van der Waals surface area contributed by atoms with Crippen LogP contribution in [0.3, 0.4) is 0 Å². The summed E-state index contributed by atoms with van der Waals surface area (Å²) in [6.45, 7) is 0. The molecular formula is C11H12F3NO3. The quantitative estimate of drug-likeness (QED) is 0.848. The number of rotatable bonds is 5. The lowest BCUT2D eigenvalue weighted by atomic mass is 10.0. The molecule has 0 spiro atoms. The van der Waals surface area contributed by atoms with Crippen LogP contribution in [0, 0.1) is 5.82 Å². The van der Waals surface area contributed by atoms with Gasteiger partial charge in [-0.3, -0.25) is 4.79 Å². The number of benzene rings is 1. The van der Waals surface area contributed by atoms with E-state index in [0.29, 0.717) is 6.07 Å². The molecule has 1 unspecified atom stereocenters. The van der Waals surface area contributed by atoms with Gasteiger partial charge in [-0.2, -0.15) is 0 Å². The van der Waals surface area contributed by atoms with Gasteiger partial charge in [0.2, 0.25) is 0 Å². The lowest BCUT2D eigenvalue weighted by Gasteiger charge is -2.13. The van der Waals surface area contributed by atoms with Crippen LogP contribution in [0.2, 0.25) is 0 Å². The zero-order valence-corrected chi connectivity index (χ0v) is 9.49. The van der Waals surface area contributed by atoms with E-state index < -0.39 is 29.8 Å². The Labute approximate surface area is 101 Å². The van der Waals surface area contributed by atoms with Crippen LogP contribution < -0.4 is 10.5 Å². The van der Waals surface area contributed by atoms with Crippen LogP contribution in [0.4, 0.5) is 13.2 Å². The van der Waals surface area contributed by atoms with Crippen LogP contribution in [0.5, 0.6) is 5.75 Å². The van der Waals surface area contributed by atoms with E-state index in [9.17, 15) is 18.0 Å². The molecule has 0 radical (unpaired) electrons. The molecule has 1 atom stereocenters. The van der Waals surface area contributed by atoms with E-state index >= 15 is 0 Å². The van der Waals surface area contributed by atoms with Gasteiger partial charge in [0.1, 0.15) is 6.04 Å². The molecule has 1 aromatic carbocycles. The summed E-state index contributed by atoms with van der Waals surface area (Å²) >= 11 is 0. The predicted molar refractivity (Wildman–Crippen MR) is 57.2 cm³/mol. The van der Waals surface area contributed by atoms with E-state index in [1.54, 1.807) is 0 Å². The van der Waals surface area contributed by atoms with Crippen molar-refractivity contribution >= 4 is 5.97 Å². The Morgan fingerprint density at radius 2 is 2.11 bits per heavy atom. The van der Waals surface area contributed by atoms with Gasteiger partial charge in [0, 0.05) is 12.0 Å². The summed E-state index contributed by atoms with van der Waals surface area (Å²) < 4.78 is 43.2. The lowest BCUT2D eigenvalue weighted by molar-refractivity contribution is -0.138. The third-order valence-electron chi connectivity index (χ3n) is 2.36. The molecular weight excluding hydrogens is 251 g/mol. The Bertz CT molecular complexity index is 451. The van der Waals surface area contributed by atoms with Gasteiger partial charge >= 0.3 is 5.97 Å². The lowest BCUT2D eigenvalue weighted by Crippen LogP contribution is -2.32. The summed E-state index contributed by atoms with van der Waals surface area (Å²) in [5.41, 5.74) is 4.74. The topological polar surface area (TPSA) is 72.5 Å². The predicted octanol–water partition coefficient (Wildman–Crippen LogP) is 1.73. The van der Waals surface area contributed by atoms with Crippen molar-refractivity contribution in [1.82, 2.24) is 0 Å².